The van der Waals surface area contributed by atoms with E-state index >= 15 is 0 Å². The highest BCUT2D eigenvalue weighted by molar-refractivity contribution is 5.96. The zero-order valence-corrected chi connectivity index (χ0v) is 22.1. The first kappa shape index (κ1) is 26.5. The van der Waals surface area contributed by atoms with Crippen molar-refractivity contribution in [3.8, 4) is 11.5 Å². The molecule has 1 aliphatic heterocycles. The molecule has 1 amide bonds. The van der Waals surface area contributed by atoms with E-state index in [1.165, 1.54) is 6.07 Å². The molecule has 0 spiro atoms. The minimum atomic E-state index is -0.481. The van der Waals surface area contributed by atoms with Crippen LogP contribution in [0.25, 0.3) is 0 Å². The minimum absolute atomic E-state index is 0.00826. The lowest BCUT2D eigenvalue weighted by atomic mass is 10.0. The maximum absolute atomic E-state index is 13.8. The Balaban J connectivity index is 1.68. The molecule has 8 nitrogen and oxygen atoms in total. The van der Waals surface area contributed by atoms with E-state index in [9.17, 15) is 9.59 Å². The Labute approximate surface area is 233 Å². The SMILES string of the molecule is C=CCOc1ccccc1C(c1ccccn1)N1CN(CC=C)C(=O)c2c(OCc3ccccc3)c(=O)ccn21. The molecule has 8 heteroatoms. The third kappa shape index (κ3) is 5.37. The Morgan fingerprint density at radius 2 is 1.68 bits per heavy atom. The number of nitrogens with zero attached hydrogens (tertiary/aromatic N) is 4. The van der Waals surface area contributed by atoms with Crippen molar-refractivity contribution in [2.24, 2.45) is 0 Å². The quantitative estimate of drug-likeness (QED) is 0.259. The van der Waals surface area contributed by atoms with Gasteiger partial charge >= 0.3 is 0 Å². The van der Waals surface area contributed by atoms with Crippen molar-refractivity contribution in [2.45, 2.75) is 12.6 Å². The predicted octanol–water partition coefficient (Wildman–Crippen LogP) is 4.71. The third-order valence-electron chi connectivity index (χ3n) is 6.53. The fraction of sp³-hybridized carbons (Fsp3) is 0.156. The zero-order chi connectivity index (χ0) is 27.9. The van der Waals surface area contributed by atoms with Crippen molar-refractivity contribution < 1.29 is 14.3 Å². The second-order valence-electron chi connectivity index (χ2n) is 9.17. The number of pyridine rings is 2. The molecule has 1 unspecified atom stereocenters. The second-order valence-corrected chi connectivity index (χ2v) is 9.17. The van der Waals surface area contributed by atoms with E-state index in [0.29, 0.717) is 12.4 Å². The molecule has 0 N–H and O–H groups in total. The lowest BCUT2D eigenvalue weighted by Gasteiger charge is -2.43. The number of ether oxygens (including phenoxy) is 2. The summed E-state index contributed by atoms with van der Waals surface area (Å²) in [5.74, 6) is 0.326. The van der Waals surface area contributed by atoms with Gasteiger partial charge in [0, 0.05) is 30.6 Å². The standard InChI is InChI=1S/C32H30N4O4/c1-3-19-34-23-36(29(26-15-10-11-18-33-26)25-14-8-9-16-28(25)39-21-4-2)35-20-17-27(37)31(30(35)32(34)38)40-22-24-12-6-5-7-13-24/h3-18,20,29H,1-2,19,21-23H2. The average Bonchev–Trinajstić information content (AvgIpc) is 2.99. The molecule has 0 fully saturated rings. The Kier molecular flexibility index (Phi) is 8.06. The highest BCUT2D eigenvalue weighted by atomic mass is 16.5. The van der Waals surface area contributed by atoms with Crippen LogP contribution in [0, 0.1) is 0 Å². The average molecular weight is 535 g/mol. The van der Waals surface area contributed by atoms with Crippen molar-refractivity contribution in [1.29, 1.82) is 0 Å². The van der Waals surface area contributed by atoms with Gasteiger partial charge in [-0.3, -0.25) is 24.3 Å². The van der Waals surface area contributed by atoms with Crippen LogP contribution >= 0.6 is 0 Å². The number of carbonyl (C=O) groups is 1. The van der Waals surface area contributed by atoms with Gasteiger partial charge in [0.2, 0.25) is 5.43 Å². The molecular formula is C32H30N4O4. The molecule has 5 rings (SSSR count). The molecule has 0 bridgehead atoms. The van der Waals surface area contributed by atoms with Crippen LogP contribution in [0.15, 0.2) is 121 Å². The van der Waals surface area contributed by atoms with Gasteiger partial charge in [-0.05, 0) is 23.8 Å². The van der Waals surface area contributed by atoms with Crippen LogP contribution in [0.4, 0.5) is 0 Å². The van der Waals surface area contributed by atoms with Crippen molar-refractivity contribution in [3.63, 3.8) is 0 Å². The zero-order valence-electron chi connectivity index (χ0n) is 22.1. The lowest BCUT2D eigenvalue weighted by Crippen LogP contribution is -2.55. The molecule has 0 saturated carbocycles. The molecule has 0 radical (unpaired) electrons. The number of hydrogen-bond acceptors (Lipinski definition) is 6. The number of amides is 1. The molecular weight excluding hydrogens is 504 g/mol. The van der Waals surface area contributed by atoms with Crippen LogP contribution in [0.3, 0.4) is 0 Å². The van der Waals surface area contributed by atoms with Crippen LogP contribution in [0.1, 0.15) is 33.4 Å². The summed E-state index contributed by atoms with van der Waals surface area (Å²) >= 11 is 0. The molecule has 0 saturated heterocycles. The first-order valence-electron chi connectivity index (χ1n) is 13.0. The van der Waals surface area contributed by atoms with E-state index in [4.69, 9.17) is 9.47 Å². The summed E-state index contributed by atoms with van der Waals surface area (Å²) in [5.41, 5.74) is 2.23. The number of rotatable bonds is 11. The summed E-state index contributed by atoms with van der Waals surface area (Å²) in [7, 11) is 0. The van der Waals surface area contributed by atoms with E-state index in [0.717, 1.165) is 16.8 Å². The van der Waals surface area contributed by atoms with Crippen molar-refractivity contribution >= 4 is 5.91 Å². The van der Waals surface area contributed by atoms with E-state index in [2.05, 4.69) is 18.1 Å². The van der Waals surface area contributed by atoms with Gasteiger partial charge in [0.1, 0.15) is 31.7 Å². The van der Waals surface area contributed by atoms with Crippen LogP contribution in [-0.4, -0.2) is 40.3 Å². The van der Waals surface area contributed by atoms with Crippen LogP contribution in [0.2, 0.25) is 0 Å². The molecule has 40 heavy (non-hydrogen) atoms. The number of hydrogen-bond donors (Lipinski definition) is 0. The fourth-order valence-corrected chi connectivity index (χ4v) is 4.74. The summed E-state index contributed by atoms with van der Waals surface area (Å²) in [6.45, 7) is 8.57. The van der Waals surface area contributed by atoms with E-state index in [1.807, 2.05) is 77.8 Å². The highest BCUT2D eigenvalue weighted by Crippen LogP contribution is 2.36. The Morgan fingerprint density at radius 1 is 0.900 bits per heavy atom. The van der Waals surface area contributed by atoms with Gasteiger partial charge in [-0.25, -0.2) is 0 Å². The third-order valence-corrected chi connectivity index (χ3v) is 6.53. The van der Waals surface area contributed by atoms with Gasteiger partial charge in [0.15, 0.2) is 11.4 Å². The largest absolute Gasteiger partial charge is 0.489 e. The molecule has 0 aliphatic carbocycles. The smallest absolute Gasteiger partial charge is 0.278 e. The van der Waals surface area contributed by atoms with Gasteiger partial charge in [0.25, 0.3) is 5.91 Å². The van der Waals surface area contributed by atoms with Gasteiger partial charge in [0.05, 0.1) is 5.69 Å². The van der Waals surface area contributed by atoms with E-state index in [1.54, 1.807) is 34.1 Å². The number of fused-ring (bicyclic) bond motifs is 1. The topological polar surface area (TPSA) is 76.9 Å². The molecule has 2 aromatic carbocycles. The first-order chi connectivity index (χ1) is 19.6. The highest BCUT2D eigenvalue weighted by Gasteiger charge is 2.38. The molecule has 202 valence electrons. The van der Waals surface area contributed by atoms with Crippen molar-refractivity contribution in [1.82, 2.24) is 14.6 Å². The summed E-state index contributed by atoms with van der Waals surface area (Å²) < 4.78 is 13.8. The summed E-state index contributed by atoms with van der Waals surface area (Å²) in [6.07, 6.45) is 6.69. The first-order valence-corrected chi connectivity index (χ1v) is 13.0. The van der Waals surface area contributed by atoms with Gasteiger partial charge in [-0.2, -0.15) is 0 Å². The van der Waals surface area contributed by atoms with E-state index in [-0.39, 0.29) is 42.6 Å². The van der Waals surface area contributed by atoms with Crippen LogP contribution in [0.5, 0.6) is 11.5 Å². The monoisotopic (exact) mass is 534 g/mol. The Bertz CT molecular complexity index is 1550. The molecule has 4 aromatic rings. The molecule has 1 atom stereocenters. The maximum atomic E-state index is 13.8. The molecule has 1 aliphatic rings. The number of benzene rings is 2. The molecule has 3 heterocycles. The summed E-state index contributed by atoms with van der Waals surface area (Å²) in [4.78, 5) is 33.2. The minimum Gasteiger partial charge on any atom is -0.489 e. The van der Waals surface area contributed by atoms with Crippen LogP contribution in [-0.2, 0) is 6.61 Å². The number of aromatic nitrogens is 2. The van der Waals surface area contributed by atoms with Gasteiger partial charge < -0.3 is 14.4 Å². The van der Waals surface area contributed by atoms with Gasteiger partial charge in [-0.15, -0.1) is 6.58 Å². The Morgan fingerprint density at radius 3 is 2.42 bits per heavy atom. The second kappa shape index (κ2) is 12.2. The van der Waals surface area contributed by atoms with E-state index < -0.39 is 6.04 Å². The van der Waals surface area contributed by atoms with Crippen molar-refractivity contribution in [2.75, 3.05) is 24.8 Å². The van der Waals surface area contributed by atoms with Gasteiger partial charge in [-0.1, -0.05) is 73.3 Å². The summed E-state index contributed by atoms with van der Waals surface area (Å²) in [5, 5.41) is 1.98. The predicted molar refractivity (Wildman–Crippen MR) is 154 cm³/mol. The Hall–Kier alpha value is -5.11. The summed E-state index contributed by atoms with van der Waals surface area (Å²) in [6, 6.07) is 23.9. The molecule has 2 aromatic heterocycles. The lowest BCUT2D eigenvalue weighted by molar-refractivity contribution is 0.0697. The fourth-order valence-electron chi connectivity index (χ4n) is 4.74. The maximum Gasteiger partial charge on any atom is 0.278 e. The number of carbonyl (C=O) groups excluding carboxylic acids is 1. The normalized spacial score (nSPS) is 13.3. The van der Waals surface area contributed by atoms with Crippen molar-refractivity contribution in [3.05, 3.63) is 149 Å². The number of para-hydroxylation sites is 1. The van der Waals surface area contributed by atoms with Crippen LogP contribution < -0.4 is 19.9 Å².